The molecule has 0 amide bonds. The molecule has 0 saturated heterocycles. The van der Waals surface area contributed by atoms with Crippen molar-refractivity contribution in [2.24, 2.45) is 0 Å². The van der Waals surface area contributed by atoms with Crippen LogP contribution in [0.25, 0.3) is 39.5 Å². The molecule has 3 heterocycles. The topological polar surface area (TPSA) is 0 Å². The van der Waals surface area contributed by atoms with Crippen molar-refractivity contribution in [3.8, 4) is 0 Å². The van der Waals surface area contributed by atoms with E-state index in [2.05, 4.69) is 52.0 Å². The van der Waals surface area contributed by atoms with Gasteiger partial charge in [-0.15, -0.1) is 0 Å². The Labute approximate surface area is 214 Å². The Morgan fingerprint density at radius 3 is 1.45 bits per heavy atom. The van der Waals surface area contributed by atoms with Crippen LogP contribution in [0, 0.1) is 13.8 Å². The van der Waals surface area contributed by atoms with Gasteiger partial charge in [-0.1, -0.05) is 0 Å². The van der Waals surface area contributed by atoms with E-state index in [1.807, 2.05) is 11.3 Å². The Morgan fingerprint density at radius 2 is 1.03 bits per heavy atom. The third kappa shape index (κ3) is 4.70. The van der Waals surface area contributed by atoms with E-state index < -0.39 is 0 Å². The van der Waals surface area contributed by atoms with Crippen molar-refractivity contribution in [2.75, 3.05) is 0 Å². The number of thiophene rings is 1. The van der Waals surface area contributed by atoms with Crippen molar-refractivity contribution in [2.45, 2.75) is 91.9 Å². The van der Waals surface area contributed by atoms with Crippen LogP contribution in [0.4, 0.5) is 0 Å². The molecule has 2 aromatic carbocycles. The van der Waals surface area contributed by atoms with Crippen LogP contribution >= 0.6 is 11.3 Å². The van der Waals surface area contributed by atoms with Gasteiger partial charge in [0.15, 0.2) is 0 Å². The van der Waals surface area contributed by atoms with Crippen LogP contribution in [-0.4, -0.2) is 29.0 Å². The molecule has 0 aliphatic heterocycles. The molecule has 0 nitrogen and oxygen atoms in total. The molecular formula is C30H36SSe2. The van der Waals surface area contributed by atoms with Crippen molar-refractivity contribution in [1.29, 1.82) is 0 Å². The van der Waals surface area contributed by atoms with Crippen molar-refractivity contribution >= 4 is 79.8 Å². The summed E-state index contributed by atoms with van der Waals surface area (Å²) in [6.07, 6.45) is 13.4. The van der Waals surface area contributed by atoms with Gasteiger partial charge >= 0.3 is 216 Å². The Kier molecular flexibility index (Phi) is 7.55. The fourth-order valence-electron chi connectivity index (χ4n) is 5.38. The van der Waals surface area contributed by atoms with E-state index in [9.17, 15) is 0 Å². The van der Waals surface area contributed by atoms with E-state index in [1.165, 1.54) is 84.4 Å². The summed E-state index contributed by atoms with van der Waals surface area (Å²) in [5.41, 5.74) is 3.36. The zero-order valence-corrected chi connectivity index (χ0v) is 24.8. The molecule has 0 N–H and O–H groups in total. The summed E-state index contributed by atoms with van der Waals surface area (Å²) in [5, 5.41) is 6.21. The van der Waals surface area contributed by atoms with Gasteiger partial charge in [0, 0.05) is 0 Å². The SMILES string of the molecule is CCCCCCc1c(C)[se]c2cc3c(cc12)sc1cc2c(CCCCCC)c(C)[se]c2cc13. The van der Waals surface area contributed by atoms with Crippen molar-refractivity contribution < 1.29 is 0 Å². The third-order valence-corrected chi connectivity index (χ3v) is 13.0. The van der Waals surface area contributed by atoms with Gasteiger partial charge in [-0.25, -0.2) is 0 Å². The normalized spacial score (nSPS) is 12.2. The molecule has 5 aromatic rings. The standard InChI is InChI=1S/C30H36SSe2/c1-5-7-9-11-13-21-19(3)32-29-17-23-24-18-30-26(16-28(24)31-27(23)15-25(21)29)22(20(4)33-30)14-12-10-8-6-2/h15-18H,5-14H2,1-4H3. The van der Waals surface area contributed by atoms with Crippen LogP contribution in [0.2, 0.25) is 0 Å². The van der Waals surface area contributed by atoms with Gasteiger partial charge < -0.3 is 0 Å². The van der Waals surface area contributed by atoms with Crippen molar-refractivity contribution in [3.05, 3.63) is 44.3 Å². The van der Waals surface area contributed by atoms with Crippen LogP contribution < -0.4 is 0 Å². The van der Waals surface area contributed by atoms with Gasteiger partial charge in [0.05, 0.1) is 0 Å². The predicted molar refractivity (Wildman–Crippen MR) is 153 cm³/mol. The van der Waals surface area contributed by atoms with E-state index >= 15 is 0 Å². The fourth-order valence-corrected chi connectivity index (χ4v) is 11.3. The second kappa shape index (κ2) is 10.4. The predicted octanol–water partition coefficient (Wildman–Crippen LogP) is 9.34. The van der Waals surface area contributed by atoms with Crippen LogP contribution in [-0.2, 0) is 12.8 Å². The summed E-state index contributed by atoms with van der Waals surface area (Å²) >= 11 is 3.07. The zero-order valence-electron chi connectivity index (χ0n) is 20.6. The van der Waals surface area contributed by atoms with E-state index in [0.717, 1.165) is 0 Å². The summed E-state index contributed by atoms with van der Waals surface area (Å²) in [4.78, 5) is 0. The first kappa shape index (κ1) is 23.9. The van der Waals surface area contributed by atoms with Gasteiger partial charge in [0.1, 0.15) is 0 Å². The molecule has 0 aliphatic rings. The summed E-state index contributed by atoms with van der Waals surface area (Å²) in [6.45, 7) is 9.40. The van der Waals surface area contributed by atoms with E-state index in [1.54, 1.807) is 39.3 Å². The molecule has 0 atom stereocenters. The Hall–Kier alpha value is -0.821. The average Bonchev–Trinajstić information content (AvgIpc) is 3.41. The molecule has 3 heteroatoms. The number of benzene rings is 2. The van der Waals surface area contributed by atoms with Crippen molar-refractivity contribution in [1.82, 2.24) is 0 Å². The summed E-state index contributed by atoms with van der Waals surface area (Å²) < 4.78 is 9.62. The molecule has 0 aliphatic carbocycles. The average molecular weight is 587 g/mol. The summed E-state index contributed by atoms with van der Waals surface area (Å²) in [6, 6.07) is 10.3. The minimum atomic E-state index is 0.516. The molecule has 174 valence electrons. The Morgan fingerprint density at radius 1 is 0.576 bits per heavy atom. The quantitative estimate of drug-likeness (QED) is 0.113. The van der Waals surface area contributed by atoms with Crippen LogP contribution in [0.5, 0.6) is 0 Å². The maximum absolute atomic E-state index is 2.58. The zero-order chi connectivity index (χ0) is 22.9. The van der Waals surface area contributed by atoms with Gasteiger partial charge in [-0.2, -0.15) is 0 Å². The van der Waals surface area contributed by atoms with Crippen LogP contribution in [0.3, 0.4) is 0 Å². The molecule has 5 rings (SSSR count). The molecule has 0 saturated carbocycles. The maximum atomic E-state index is 2.58. The number of fused-ring (bicyclic) bond motifs is 5. The number of rotatable bonds is 10. The minimum absolute atomic E-state index is 0.516. The Balaban J connectivity index is 1.55. The third-order valence-electron chi connectivity index (χ3n) is 7.26. The molecule has 0 spiro atoms. The summed E-state index contributed by atoms with van der Waals surface area (Å²) in [7, 11) is 0. The monoisotopic (exact) mass is 588 g/mol. The molecule has 0 bridgehead atoms. The van der Waals surface area contributed by atoms with Gasteiger partial charge in [0.25, 0.3) is 0 Å². The Bertz CT molecular complexity index is 1310. The fraction of sp³-hybridized carbons (Fsp3) is 0.467. The van der Waals surface area contributed by atoms with E-state index in [-0.39, 0.29) is 0 Å². The van der Waals surface area contributed by atoms with E-state index in [0.29, 0.717) is 29.0 Å². The van der Waals surface area contributed by atoms with Gasteiger partial charge in [0.2, 0.25) is 0 Å². The number of unbranched alkanes of at least 4 members (excludes halogenated alkanes) is 6. The first-order chi connectivity index (χ1) is 16.1. The van der Waals surface area contributed by atoms with Gasteiger partial charge in [-0.3, -0.25) is 0 Å². The molecular weight excluding hydrogens is 550 g/mol. The molecule has 0 radical (unpaired) electrons. The second-order valence-corrected chi connectivity index (χ2v) is 16.0. The molecule has 33 heavy (non-hydrogen) atoms. The van der Waals surface area contributed by atoms with Crippen molar-refractivity contribution in [3.63, 3.8) is 0 Å². The second-order valence-electron chi connectivity index (χ2n) is 9.69. The summed E-state index contributed by atoms with van der Waals surface area (Å²) in [5.74, 6) is 0. The van der Waals surface area contributed by atoms with Crippen LogP contribution in [0.15, 0.2) is 24.3 Å². The first-order valence-electron chi connectivity index (χ1n) is 12.9. The number of hydrogen-bond acceptors (Lipinski definition) is 1. The number of hydrogen-bond donors (Lipinski definition) is 0. The van der Waals surface area contributed by atoms with Crippen LogP contribution in [0.1, 0.15) is 85.2 Å². The van der Waals surface area contributed by atoms with Gasteiger partial charge in [-0.05, 0) is 0 Å². The molecule has 0 unspecified atom stereocenters. The molecule has 3 aromatic heterocycles. The van der Waals surface area contributed by atoms with E-state index in [4.69, 9.17) is 0 Å². The first-order valence-corrected chi connectivity index (χ1v) is 17.1. The molecule has 0 fully saturated rings. The number of aryl methyl sites for hydroxylation is 4.